The van der Waals surface area contributed by atoms with E-state index in [-0.39, 0.29) is 30.3 Å². The molecule has 3 rings (SSSR count). The van der Waals surface area contributed by atoms with Crippen LogP contribution in [0, 0.1) is 13.8 Å². The van der Waals surface area contributed by atoms with Crippen molar-refractivity contribution in [3.8, 4) is 5.75 Å². The minimum absolute atomic E-state index is 0.0338. The highest BCUT2D eigenvalue weighted by Gasteiger charge is 2.28. The lowest BCUT2D eigenvalue weighted by Gasteiger charge is -2.28. The zero-order valence-electron chi connectivity index (χ0n) is 22.4. The zero-order valence-corrected chi connectivity index (χ0v) is 23.2. The summed E-state index contributed by atoms with van der Waals surface area (Å²) in [6.45, 7) is 9.89. The average molecular weight is 515 g/mol. The highest BCUT2D eigenvalue weighted by molar-refractivity contribution is 7.82. The van der Waals surface area contributed by atoms with E-state index in [0.717, 1.165) is 36.3 Å². The van der Waals surface area contributed by atoms with Crippen molar-refractivity contribution in [2.24, 2.45) is 0 Å². The van der Waals surface area contributed by atoms with Crippen LogP contribution in [0.3, 0.4) is 0 Å². The van der Waals surface area contributed by atoms with Crippen LogP contribution in [0.15, 0.2) is 35.2 Å². The number of ether oxygens (including phenoxy) is 1. The molecule has 1 aliphatic heterocycles. The van der Waals surface area contributed by atoms with Crippen molar-refractivity contribution in [2.75, 3.05) is 52.7 Å². The Kier molecular flexibility index (Phi) is 8.92. The molecule has 0 saturated heterocycles. The smallest absolute Gasteiger partial charge is 0.243 e. The van der Waals surface area contributed by atoms with Crippen molar-refractivity contribution in [3.05, 3.63) is 52.6 Å². The topological polar surface area (TPSA) is 91.0 Å². The van der Waals surface area contributed by atoms with Gasteiger partial charge in [-0.25, -0.2) is 8.51 Å². The van der Waals surface area contributed by atoms with Crippen LogP contribution in [0.4, 0.5) is 5.69 Å². The summed E-state index contributed by atoms with van der Waals surface area (Å²) in [5.41, 5.74) is 4.94. The molecule has 0 saturated carbocycles. The second kappa shape index (κ2) is 11.5. The van der Waals surface area contributed by atoms with Gasteiger partial charge in [0.05, 0.1) is 25.1 Å². The van der Waals surface area contributed by atoms with Gasteiger partial charge in [0.15, 0.2) is 0 Å². The molecule has 0 aromatic heterocycles. The number of hydrogen-bond donors (Lipinski definition) is 2. The molecule has 1 heterocycles. The first kappa shape index (κ1) is 27.8. The summed E-state index contributed by atoms with van der Waals surface area (Å²) in [6.07, 6.45) is 0.923. The van der Waals surface area contributed by atoms with Crippen LogP contribution in [-0.2, 0) is 32.4 Å². The van der Waals surface area contributed by atoms with Gasteiger partial charge in [0.2, 0.25) is 11.8 Å². The third-order valence-corrected chi connectivity index (χ3v) is 8.17. The first-order valence-corrected chi connectivity index (χ1v) is 13.2. The Balaban J connectivity index is 1.55. The fourth-order valence-electron chi connectivity index (χ4n) is 4.85. The van der Waals surface area contributed by atoms with Crippen molar-refractivity contribution in [1.82, 2.24) is 14.5 Å². The second-order valence-corrected chi connectivity index (χ2v) is 11.7. The molecule has 8 nitrogen and oxygen atoms in total. The zero-order chi connectivity index (χ0) is 26.6. The van der Waals surface area contributed by atoms with Crippen LogP contribution in [0.2, 0.25) is 0 Å². The summed E-state index contributed by atoms with van der Waals surface area (Å²) in [4.78, 5) is 27.9. The molecule has 36 heavy (non-hydrogen) atoms. The van der Waals surface area contributed by atoms with Crippen LogP contribution < -0.4 is 15.4 Å². The molecule has 2 aromatic carbocycles. The van der Waals surface area contributed by atoms with Gasteiger partial charge >= 0.3 is 0 Å². The van der Waals surface area contributed by atoms with Crippen molar-refractivity contribution in [3.63, 3.8) is 0 Å². The number of carbonyl (C=O) groups is 2. The number of carbonyl (C=O) groups excluding carboxylic acids is 2. The van der Waals surface area contributed by atoms with Gasteiger partial charge in [0, 0.05) is 31.2 Å². The average Bonchev–Trinajstić information content (AvgIpc) is 2.91. The number of hydrogen-bond acceptors (Lipinski definition) is 5. The van der Waals surface area contributed by atoms with E-state index >= 15 is 0 Å². The predicted octanol–water partition coefficient (Wildman–Crippen LogP) is 2.79. The summed E-state index contributed by atoms with van der Waals surface area (Å²) < 4.78 is 19.8. The Morgan fingerprint density at radius 1 is 1.14 bits per heavy atom. The molecule has 9 heteroatoms. The van der Waals surface area contributed by atoms with Crippen LogP contribution >= 0.6 is 0 Å². The molecule has 1 unspecified atom stereocenters. The number of fused-ring (bicyclic) bond motifs is 1. The number of aryl methyl sites for hydroxylation is 2. The van der Waals surface area contributed by atoms with E-state index in [4.69, 9.17) is 4.74 Å². The van der Waals surface area contributed by atoms with Gasteiger partial charge in [-0.05, 0) is 73.8 Å². The number of amides is 2. The van der Waals surface area contributed by atoms with Gasteiger partial charge in [0.1, 0.15) is 16.7 Å². The number of anilines is 1. The SMILES string of the molecule is COc1cc(C)c(S(=O)N(C)CC(=O)NCC(=O)Nc2ccc3c(c2)CCN(C)CC3(C)C)c(C)c1. The lowest BCUT2D eigenvalue weighted by atomic mass is 9.81. The highest BCUT2D eigenvalue weighted by Crippen LogP contribution is 2.32. The van der Waals surface area contributed by atoms with E-state index < -0.39 is 11.0 Å². The Hall–Kier alpha value is -2.75. The predicted molar refractivity (Wildman–Crippen MR) is 144 cm³/mol. The van der Waals surface area contributed by atoms with Crippen LogP contribution in [0.5, 0.6) is 5.75 Å². The molecule has 1 atom stereocenters. The summed E-state index contributed by atoms with van der Waals surface area (Å²) in [6, 6.07) is 9.69. The van der Waals surface area contributed by atoms with E-state index in [1.165, 1.54) is 15.4 Å². The Morgan fingerprint density at radius 3 is 2.44 bits per heavy atom. The number of nitrogens with one attached hydrogen (secondary N) is 2. The molecule has 0 aliphatic carbocycles. The number of nitrogens with zero attached hydrogens (tertiary/aromatic N) is 2. The molecule has 0 bridgehead atoms. The fraction of sp³-hybridized carbons (Fsp3) is 0.481. The summed E-state index contributed by atoms with van der Waals surface area (Å²) in [7, 11) is 3.81. The van der Waals surface area contributed by atoms with E-state index in [1.807, 2.05) is 38.1 Å². The number of methoxy groups -OCH3 is 1. The number of rotatable bonds is 8. The number of likely N-dealkylation sites (N-methyl/N-ethyl adjacent to an activating group) is 2. The van der Waals surface area contributed by atoms with Gasteiger partial charge in [-0.3, -0.25) is 9.59 Å². The monoisotopic (exact) mass is 514 g/mol. The molecular formula is C27H38N4O4S. The molecule has 196 valence electrons. The summed E-state index contributed by atoms with van der Waals surface area (Å²) in [5, 5.41) is 5.51. The van der Waals surface area contributed by atoms with Gasteiger partial charge in [-0.1, -0.05) is 19.9 Å². The summed E-state index contributed by atoms with van der Waals surface area (Å²) >= 11 is 0. The summed E-state index contributed by atoms with van der Waals surface area (Å²) in [5.74, 6) is 0.0122. The molecule has 0 spiro atoms. The molecule has 2 amide bonds. The minimum Gasteiger partial charge on any atom is -0.497 e. The van der Waals surface area contributed by atoms with Crippen molar-refractivity contribution in [2.45, 2.75) is 44.4 Å². The largest absolute Gasteiger partial charge is 0.497 e. The Bertz CT molecular complexity index is 1140. The van der Waals surface area contributed by atoms with E-state index in [1.54, 1.807) is 14.2 Å². The molecule has 0 fully saturated rings. The highest BCUT2D eigenvalue weighted by atomic mass is 32.2. The maximum atomic E-state index is 13.0. The minimum atomic E-state index is -1.53. The molecular weight excluding hydrogens is 476 g/mol. The lowest BCUT2D eigenvalue weighted by Crippen LogP contribution is -2.39. The lowest BCUT2D eigenvalue weighted by molar-refractivity contribution is -0.124. The van der Waals surface area contributed by atoms with Crippen molar-refractivity contribution < 1.29 is 18.5 Å². The van der Waals surface area contributed by atoms with Gasteiger partial charge in [-0.15, -0.1) is 0 Å². The van der Waals surface area contributed by atoms with E-state index in [0.29, 0.717) is 10.6 Å². The quantitative estimate of drug-likeness (QED) is 0.565. The van der Waals surface area contributed by atoms with Gasteiger partial charge < -0.3 is 20.3 Å². The van der Waals surface area contributed by atoms with Crippen LogP contribution in [-0.4, -0.2) is 72.6 Å². The van der Waals surface area contributed by atoms with Crippen LogP contribution in [0.25, 0.3) is 0 Å². The third kappa shape index (κ3) is 6.72. The van der Waals surface area contributed by atoms with E-state index in [2.05, 4.69) is 42.5 Å². The van der Waals surface area contributed by atoms with Gasteiger partial charge in [-0.2, -0.15) is 0 Å². The Morgan fingerprint density at radius 2 is 1.81 bits per heavy atom. The van der Waals surface area contributed by atoms with E-state index in [9.17, 15) is 13.8 Å². The molecule has 2 aromatic rings. The maximum Gasteiger partial charge on any atom is 0.243 e. The van der Waals surface area contributed by atoms with Crippen molar-refractivity contribution >= 4 is 28.5 Å². The van der Waals surface area contributed by atoms with Crippen molar-refractivity contribution in [1.29, 1.82) is 0 Å². The first-order chi connectivity index (χ1) is 16.9. The van der Waals surface area contributed by atoms with Gasteiger partial charge in [0.25, 0.3) is 0 Å². The molecule has 1 aliphatic rings. The fourth-order valence-corrected chi connectivity index (χ4v) is 6.06. The van der Waals surface area contributed by atoms with Crippen LogP contribution in [0.1, 0.15) is 36.1 Å². The number of benzene rings is 2. The third-order valence-electron chi connectivity index (χ3n) is 6.49. The standard InChI is InChI=1S/C27H38N4O4S/c1-18-12-22(35-7)13-19(2)26(18)36(34)31(6)16-25(33)28-15-24(32)29-21-8-9-23-20(14-21)10-11-30(5)17-27(23,3)4/h8-9,12-14H,10-11,15-17H2,1-7H3,(H,28,33)(H,29,32). The normalized spacial score (nSPS) is 16.1. The maximum absolute atomic E-state index is 13.0. The Labute approximate surface area is 217 Å². The molecule has 2 N–H and O–H groups in total. The molecule has 0 radical (unpaired) electrons. The first-order valence-electron chi connectivity index (χ1n) is 12.1. The second-order valence-electron chi connectivity index (χ2n) is 10.2.